The molecule has 1 aromatic rings. The lowest BCUT2D eigenvalue weighted by Gasteiger charge is -2.26. The van der Waals surface area contributed by atoms with E-state index in [0.717, 1.165) is 36.6 Å². The van der Waals surface area contributed by atoms with Crippen molar-refractivity contribution in [2.75, 3.05) is 37.8 Å². The lowest BCUT2D eigenvalue weighted by atomic mass is 10.2. The average Bonchev–Trinajstić information content (AvgIpc) is 2.99. The monoisotopic (exact) mass is 293 g/mol. The molecule has 1 fully saturated rings. The number of para-hydroxylation sites is 1. The van der Waals surface area contributed by atoms with Gasteiger partial charge < -0.3 is 10.6 Å². The number of carbonyl (C=O) groups excluding carboxylic acids is 1. The van der Waals surface area contributed by atoms with Gasteiger partial charge >= 0.3 is 0 Å². The predicted molar refractivity (Wildman–Crippen MR) is 85.4 cm³/mol. The Morgan fingerprint density at radius 2 is 2.30 bits per heavy atom. The fourth-order valence-electron chi connectivity index (χ4n) is 2.57. The number of hydrogen-bond donors (Lipinski definition) is 2. The fraction of sp³-hybridized carbons (Fsp3) is 0.533. The SMILES string of the molecule is CCN(CC(=O)Nc1ccccc1SC)C1CCNC1. The molecule has 0 bridgehead atoms. The van der Waals surface area contributed by atoms with Crippen LogP contribution in [-0.4, -0.2) is 49.3 Å². The van der Waals surface area contributed by atoms with Crippen LogP contribution in [0.3, 0.4) is 0 Å². The molecule has 0 spiro atoms. The van der Waals surface area contributed by atoms with Crippen LogP contribution in [0.25, 0.3) is 0 Å². The molecule has 20 heavy (non-hydrogen) atoms. The van der Waals surface area contributed by atoms with Gasteiger partial charge in [-0.25, -0.2) is 0 Å². The van der Waals surface area contributed by atoms with Crippen molar-refractivity contribution in [2.45, 2.75) is 24.3 Å². The second kappa shape index (κ2) is 7.67. The highest BCUT2D eigenvalue weighted by molar-refractivity contribution is 7.98. The summed E-state index contributed by atoms with van der Waals surface area (Å²) >= 11 is 1.65. The number of rotatable bonds is 6. The number of amides is 1. The van der Waals surface area contributed by atoms with Crippen LogP contribution in [0.15, 0.2) is 29.2 Å². The number of hydrogen-bond acceptors (Lipinski definition) is 4. The van der Waals surface area contributed by atoms with Gasteiger partial charge in [-0.15, -0.1) is 11.8 Å². The van der Waals surface area contributed by atoms with Crippen LogP contribution in [-0.2, 0) is 4.79 Å². The molecule has 2 rings (SSSR count). The van der Waals surface area contributed by atoms with Crippen molar-refractivity contribution in [3.63, 3.8) is 0 Å². The van der Waals surface area contributed by atoms with E-state index in [9.17, 15) is 4.79 Å². The Labute approximate surface area is 125 Å². The molecule has 110 valence electrons. The highest BCUT2D eigenvalue weighted by Crippen LogP contribution is 2.24. The molecule has 2 N–H and O–H groups in total. The number of nitrogens with zero attached hydrogens (tertiary/aromatic N) is 1. The summed E-state index contributed by atoms with van der Waals surface area (Å²) in [4.78, 5) is 15.6. The fourth-order valence-corrected chi connectivity index (χ4v) is 3.13. The summed E-state index contributed by atoms with van der Waals surface area (Å²) in [5.74, 6) is 0.0697. The largest absolute Gasteiger partial charge is 0.324 e. The summed E-state index contributed by atoms with van der Waals surface area (Å²) in [5.41, 5.74) is 0.908. The van der Waals surface area contributed by atoms with Crippen LogP contribution in [0.2, 0.25) is 0 Å². The Kier molecular flexibility index (Phi) is 5.88. The van der Waals surface area contributed by atoms with E-state index in [1.807, 2.05) is 30.5 Å². The molecule has 1 aromatic carbocycles. The second-order valence-electron chi connectivity index (χ2n) is 4.96. The van der Waals surface area contributed by atoms with Crippen molar-refractivity contribution < 1.29 is 4.79 Å². The molecule has 0 aliphatic carbocycles. The molecule has 1 saturated heterocycles. The zero-order valence-electron chi connectivity index (χ0n) is 12.2. The summed E-state index contributed by atoms with van der Waals surface area (Å²) in [7, 11) is 0. The van der Waals surface area contributed by atoms with Crippen LogP contribution < -0.4 is 10.6 Å². The zero-order chi connectivity index (χ0) is 14.4. The Morgan fingerprint density at radius 1 is 1.50 bits per heavy atom. The normalized spacial score (nSPS) is 18.4. The smallest absolute Gasteiger partial charge is 0.238 e. The first-order chi connectivity index (χ1) is 9.74. The number of benzene rings is 1. The minimum atomic E-state index is 0.0697. The predicted octanol–water partition coefficient (Wildman–Crippen LogP) is 2.03. The summed E-state index contributed by atoms with van der Waals surface area (Å²) in [6.45, 7) is 5.53. The molecule has 0 radical (unpaired) electrons. The van der Waals surface area contributed by atoms with Crippen LogP contribution >= 0.6 is 11.8 Å². The third kappa shape index (κ3) is 3.98. The highest BCUT2D eigenvalue weighted by atomic mass is 32.2. The summed E-state index contributed by atoms with van der Waals surface area (Å²) in [5, 5.41) is 6.38. The molecule has 1 aliphatic rings. The van der Waals surface area contributed by atoms with Crippen LogP contribution in [0.4, 0.5) is 5.69 Å². The van der Waals surface area contributed by atoms with Gasteiger partial charge in [0.2, 0.25) is 5.91 Å². The van der Waals surface area contributed by atoms with E-state index in [2.05, 4.69) is 22.5 Å². The molecule has 4 nitrogen and oxygen atoms in total. The van der Waals surface area contributed by atoms with Crippen molar-refractivity contribution in [3.8, 4) is 0 Å². The molecular formula is C15H23N3OS. The summed E-state index contributed by atoms with van der Waals surface area (Å²) in [6.07, 6.45) is 3.15. The van der Waals surface area contributed by atoms with Gasteiger partial charge in [0.05, 0.1) is 12.2 Å². The number of likely N-dealkylation sites (N-methyl/N-ethyl adjacent to an activating group) is 1. The first kappa shape index (κ1) is 15.4. The van der Waals surface area contributed by atoms with Crippen molar-refractivity contribution in [1.82, 2.24) is 10.2 Å². The molecule has 1 atom stereocenters. The molecule has 5 heteroatoms. The van der Waals surface area contributed by atoms with E-state index in [1.165, 1.54) is 0 Å². The Bertz CT molecular complexity index is 446. The second-order valence-corrected chi connectivity index (χ2v) is 5.81. The van der Waals surface area contributed by atoms with E-state index in [-0.39, 0.29) is 5.91 Å². The van der Waals surface area contributed by atoms with E-state index in [1.54, 1.807) is 11.8 Å². The van der Waals surface area contributed by atoms with E-state index < -0.39 is 0 Å². The third-order valence-corrected chi connectivity index (χ3v) is 4.48. The quantitative estimate of drug-likeness (QED) is 0.788. The first-order valence-corrected chi connectivity index (χ1v) is 8.34. The van der Waals surface area contributed by atoms with Gasteiger partial charge in [-0.1, -0.05) is 19.1 Å². The van der Waals surface area contributed by atoms with Gasteiger partial charge in [0.15, 0.2) is 0 Å². The highest BCUT2D eigenvalue weighted by Gasteiger charge is 2.22. The van der Waals surface area contributed by atoms with Crippen LogP contribution in [0, 0.1) is 0 Å². The minimum Gasteiger partial charge on any atom is -0.324 e. The van der Waals surface area contributed by atoms with Gasteiger partial charge in [-0.2, -0.15) is 0 Å². The summed E-state index contributed by atoms with van der Waals surface area (Å²) in [6, 6.07) is 8.41. The molecule has 1 unspecified atom stereocenters. The van der Waals surface area contributed by atoms with Gasteiger partial charge in [-0.3, -0.25) is 9.69 Å². The minimum absolute atomic E-state index is 0.0697. The first-order valence-electron chi connectivity index (χ1n) is 7.12. The molecule has 1 amide bonds. The van der Waals surface area contributed by atoms with E-state index in [0.29, 0.717) is 12.6 Å². The molecule has 1 heterocycles. The average molecular weight is 293 g/mol. The van der Waals surface area contributed by atoms with E-state index >= 15 is 0 Å². The standard InChI is InChI=1S/C15H23N3OS/c1-3-18(12-8-9-16-10-12)11-15(19)17-13-6-4-5-7-14(13)20-2/h4-7,12,16H,3,8-11H2,1-2H3,(H,17,19). The van der Waals surface area contributed by atoms with Crippen molar-refractivity contribution in [3.05, 3.63) is 24.3 Å². The van der Waals surface area contributed by atoms with Gasteiger partial charge in [0.25, 0.3) is 0 Å². The van der Waals surface area contributed by atoms with Gasteiger partial charge in [0, 0.05) is 17.5 Å². The maximum atomic E-state index is 12.2. The number of anilines is 1. The number of thioether (sulfide) groups is 1. The van der Waals surface area contributed by atoms with Crippen molar-refractivity contribution >= 4 is 23.4 Å². The lowest BCUT2D eigenvalue weighted by molar-refractivity contribution is -0.117. The van der Waals surface area contributed by atoms with Crippen molar-refractivity contribution in [1.29, 1.82) is 0 Å². The van der Waals surface area contributed by atoms with E-state index in [4.69, 9.17) is 0 Å². The Morgan fingerprint density at radius 3 is 2.95 bits per heavy atom. The molecule has 0 aromatic heterocycles. The number of nitrogens with one attached hydrogen (secondary N) is 2. The van der Waals surface area contributed by atoms with Gasteiger partial charge in [-0.05, 0) is 37.9 Å². The Balaban J connectivity index is 1.93. The van der Waals surface area contributed by atoms with Gasteiger partial charge in [0.1, 0.15) is 0 Å². The molecule has 0 saturated carbocycles. The van der Waals surface area contributed by atoms with Crippen molar-refractivity contribution in [2.24, 2.45) is 0 Å². The molecule has 1 aliphatic heterocycles. The third-order valence-electron chi connectivity index (χ3n) is 3.68. The zero-order valence-corrected chi connectivity index (χ0v) is 13.0. The number of carbonyl (C=O) groups is 1. The lowest BCUT2D eigenvalue weighted by Crippen LogP contribution is -2.41. The topological polar surface area (TPSA) is 44.4 Å². The van der Waals surface area contributed by atoms with Crippen LogP contribution in [0.5, 0.6) is 0 Å². The summed E-state index contributed by atoms with van der Waals surface area (Å²) < 4.78 is 0. The van der Waals surface area contributed by atoms with Crippen LogP contribution in [0.1, 0.15) is 13.3 Å². The maximum Gasteiger partial charge on any atom is 0.238 e. The molecular weight excluding hydrogens is 270 g/mol. The Hall–Kier alpha value is -1.04. The maximum absolute atomic E-state index is 12.2.